The highest BCUT2D eigenvalue weighted by molar-refractivity contribution is 6.30. The van der Waals surface area contributed by atoms with Gasteiger partial charge in [-0.3, -0.25) is 4.79 Å². The monoisotopic (exact) mass is 405 g/mol. The second-order valence-electron chi connectivity index (χ2n) is 6.85. The lowest BCUT2D eigenvalue weighted by Gasteiger charge is -2.17. The van der Waals surface area contributed by atoms with Crippen LogP contribution in [0, 0.1) is 0 Å². The number of rotatable bonds is 4. The zero-order chi connectivity index (χ0) is 20.2. The van der Waals surface area contributed by atoms with E-state index < -0.39 is 0 Å². The van der Waals surface area contributed by atoms with Gasteiger partial charge in [0.1, 0.15) is 0 Å². The Morgan fingerprint density at radius 1 is 0.966 bits per heavy atom. The lowest BCUT2D eigenvalue weighted by Crippen LogP contribution is -2.29. The Morgan fingerprint density at radius 3 is 2.48 bits per heavy atom. The summed E-state index contributed by atoms with van der Waals surface area (Å²) in [6.07, 6.45) is 0.804. The average molecular weight is 406 g/mol. The molecular weight excluding hydrogens is 386 g/mol. The van der Waals surface area contributed by atoms with Crippen LogP contribution in [0.4, 0.5) is 16.2 Å². The van der Waals surface area contributed by atoms with E-state index in [1.807, 2.05) is 47.4 Å². The fraction of sp³-hybridized carbons (Fsp3) is 0.130. The Hall–Kier alpha value is -3.31. The third-order valence-electron chi connectivity index (χ3n) is 4.86. The molecule has 0 radical (unpaired) electrons. The maximum Gasteiger partial charge on any atom is 0.319 e. The number of amides is 3. The van der Waals surface area contributed by atoms with E-state index in [2.05, 4.69) is 16.7 Å². The van der Waals surface area contributed by atoms with Gasteiger partial charge in [-0.15, -0.1) is 0 Å². The molecule has 5 nitrogen and oxygen atoms in total. The fourth-order valence-corrected chi connectivity index (χ4v) is 3.53. The number of anilines is 2. The van der Waals surface area contributed by atoms with Crippen molar-refractivity contribution in [2.75, 3.05) is 16.8 Å². The quantitative estimate of drug-likeness (QED) is 0.650. The van der Waals surface area contributed by atoms with Gasteiger partial charge in [-0.05, 0) is 60.0 Å². The highest BCUT2D eigenvalue weighted by Crippen LogP contribution is 2.30. The van der Waals surface area contributed by atoms with E-state index in [1.54, 1.807) is 24.3 Å². The third kappa shape index (κ3) is 4.41. The molecule has 0 aromatic heterocycles. The van der Waals surface area contributed by atoms with Crippen LogP contribution in [0.3, 0.4) is 0 Å². The second kappa shape index (κ2) is 8.37. The van der Waals surface area contributed by atoms with Crippen molar-refractivity contribution in [3.05, 3.63) is 94.5 Å². The Labute approximate surface area is 174 Å². The molecule has 1 aliphatic rings. The Bertz CT molecular complexity index is 1040. The van der Waals surface area contributed by atoms with E-state index >= 15 is 0 Å². The SMILES string of the molecule is O=C(NCc1ccc2c(c1)CCN2C(=O)c1ccccc1)Nc1ccc(Cl)cc1. The molecule has 6 heteroatoms. The van der Waals surface area contributed by atoms with Crippen molar-refractivity contribution in [2.24, 2.45) is 0 Å². The van der Waals surface area contributed by atoms with E-state index in [0.29, 0.717) is 29.4 Å². The van der Waals surface area contributed by atoms with Crippen LogP contribution in [0.5, 0.6) is 0 Å². The minimum Gasteiger partial charge on any atom is -0.334 e. The molecule has 0 unspecified atom stereocenters. The Kier molecular flexibility index (Phi) is 5.49. The van der Waals surface area contributed by atoms with Crippen molar-refractivity contribution in [2.45, 2.75) is 13.0 Å². The molecule has 1 aliphatic heterocycles. The van der Waals surface area contributed by atoms with Gasteiger partial charge in [0.25, 0.3) is 5.91 Å². The van der Waals surface area contributed by atoms with Gasteiger partial charge in [0.15, 0.2) is 0 Å². The lowest BCUT2D eigenvalue weighted by atomic mass is 10.1. The Balaban J connectivity index is 1.38. The minimum absolute atomic E-state index is 0.0116. The number of nitrogens with zero attached hydrogens (tertiary/aromatic N) is 1. The highest BCUT2D eigenvalue weighted by atomic mass is 35.5. The fourth-order valence-electron chi connectivity index (χ4n) is 3.40. The molecule has 146 valence electrons. The molecule has 4 rings (SSSR count). The number of nitrogens with one attached hydrogen (secondary N) is 2. The number of halogens is 1. The van der Waals surface area contributed by atoms with Crippen LogP contribution in [0.1, 0.15) is 21.5 Å². The van der Waals surface area contributed by atoms with Crippen LogP contribution in [0.25, 0.3) is 0 Å². The molecule has 0 spiro atoms. The van der Waals surface area contributed by atoms with E-state index in [4.69, 9.17) is 11.6 Å². The van der Waals surface area contributed by atoms with Crippen LogP contribution < -0.4 is 15.5 Å². The lowest BCUT2D eigenvalue weighted by molar-refractivity contribution is 0.0989. The molecule has 2 N–H and O–H groups in total. The molecule has 3 aromatic carbocycles. The summed E-state index contributed by atoms with van der Waals surface area (Å²) < 4.78 is 0. The molecule has 3 aromatic rings. The topological polar surface area (TPSA) is 61.4 Å². The number of urea groups is 1. The maximum atomic E-state index is 12.8. The summed E-state index contributed by atoms with van der Waals surface area (Å²) in [6.45, 7) is 1.07. The van der Waals surface area contributed by atoms with Crippen molar-refractivity contribution in [1.82, 2.24) is 5.32 Å². The number of hydrogen-bond donors (Lipinski definition) is 2. The number of fused-ring (bicyclic) bond motifs is 1. The molecule has 0 fully saturated rings. The summed E-state index contributed by atoms with van der Waals surface area (Å²) in [7, 11) is 0. The van der Waals surface area contributed by atoms with Crippen molar-refractivity contribution in [3.8, 4) is 0 Å². The molecule has 0 saturated carbocycles. The summed E-state index contributed by atoms with van der Waals surface area (Å²) in [5.74, 6) is 0.0116. The molecular formula is C23H20ClN3O2. The van der Waals surface area contributed by atoms with Gasteiger partial charge in [0, 0.05) is 35.1 Å². The Morgan fingerprint density at radius 2 is 1.72 bits per heavy atom. The predicted molar refractivity (Wildman–Crippen MR) is 116 cm³/mol. The molecule has 0 atom stereocenters. The van der Waals surface area contributed by atoms with Crippen LogP contribution >= 0.6 is 11.6 Å². The summed E-state index contributed by atoms with van der Waals surface area (Å²) in [5, 5.41) is 6.24. The van der Waals surface area contributed by atoms with Crippen LogP contribution in [-0.4, -0.2) is 18.5 Å². The first-order valence-electron chi connectivity index (χ1n) is 9.39. The predicted octanol–water partition coefficient (Wildman–Crippen LogP) is 4.86. The van der Waals surface area contributed by atoms with E-state index in [0.717, 1.165) is 23.2 Å². The van der Waals surface area contributed by atoms with Crippen molar-refractivity contribution in [3.63, 3.8) is 0 Å². The number of hydrogen-bond acceptors (Lipinski definition) is 2. The molecule has 3 amide bonds. The standard InChI is InChI=1S/C23H20ClN3O2/c24-19-7-9-20(10-8-19)26-23(29)25-15-16-6-11-21-18(14-16)12-13-27(21)22(28)17-4-2-1-3-5-17/h1-11,14H,12-13,15H2,(H2,25,26,29). The van der Waals surface area contributed by atoms with Crippen molar-refractivity contribution in [1.29, 1.82) is 0 Å². The van der Waals surface area contributed by atoms with Gasteiger partial charge in [-0.25, -0.2) is 4.79 Å². The summed E-state index contributed by atoms with van der Waals surface area (Å²) in [5.41, 5.74) is 4.41. The van der Waals surface area contributed by atoms with Crippen molar-refractivity contribution < 1.29 is 9.59 Å². The second-order valence-corrected chi connectivity index (χ2v) is 7.29. The first-order valence-corrected chi connectivity index (χ1v) is 9.77. The number of carbonyl (C=O) groups is 2. The molecule has 0 aliphatic carbocycles. The number of benzene rings is 3. The minimum atomic E-state index is -0.284. The summed E-state index contributed by atoms with van der Waals surface area (Å²) in [4.78, 5) is 26.7. The van der Waals surface area contributed by atoms with Gasteiger partial charge >= 0.3 is 6.03 Å². The van der Waals surface area contributed by atoms with Gasteiger partial charge < -0.3 is 15.5 Å². The maximum absolute atomic E-state index is 12.8. The first kappa shape index (κ1) is 19.0. The van der Waals surface area contributed by atoms with Gasteiger partial charge in [-0.1, -0.05) is 41.9 Å². The molecule has 0 saturated heterocycles. The van der Waals surface area contributed by atoms with Gasteiger partial charge in [-0.2, -0.15) is 0 Å². The summed E-state index contributed by atoms with van der Waals surface area (Å²) >= 11 is 5.85. The smallest absolute Gasteiger partial charge is 0.319 e. The highest BCUT2D eigenvalue weighted by Gasteiger charge is 2.25. The largest absolute Gasteiger partial charge is 0.334 e. The zero-order valence-electron chi connectivity index (χ0n) is 15.7. The normalized spacial score (nSPS) is 12.4. The zero-order valence-corrected chi connectivity index (χ0v) is 16.4. The van der Waals surface area contributed by atoms with Gasteiger partial charge in [0.2, 0.25) is 0 Å². The summed E-state index contributed by atoms with van der Waals surface area (Å²) in [6, 6.07) is 21.9. The third-order valence-corrected chi connectivity index (χ3v) is 5.11. The van der Waals surface area contributed by atoms with Gasteiger partial charge in [0.05, 0.1) is 0 Å². The number of carbonyl (C=O) groups excluding carboxylic acids is 2. The van der Waals surface area contributed by atoms with E-state index in [-0.39, 0.29) is 11.9 Å². The first-order chi connectivity index (χ1) is 14.1. The van der Waals surface area contributed by atoms with Crippen LogP contribution in [0.2, 0.25) is 5.02 Å². The van der Waals surface area contributed by atoms with Crippen LogP contribution in [-0.2, 0) is 13.0 Å². The molecule has 0 bridgehead atoms. The molecule has 1 heterocycles. The van der Waals surface area contributed by atoms with Crippen LogP contribution in [0.15, 0.2) is 72.8 Å². The van der Waals surface area contributed by atoms with E-state index in [9.17, 15) is 9.59 Å². The average Bonchev–Trinajstić information content (AvgIpc) is 3.17. The molecule has 29 heavy (non-hydrogen) atoms. The van der Waals surface area contributed by atoms with Crippen molar-refractivity contribution >= 4 is 34.9 Å². The van der Waals surface area contributed by atoms with E-state index in [1.165, 1.54) is 0 Å².